The number of Topliss-reactive ketones (excluding diaryl/α,β-unsaturated/α-hetero) is 1. The first kappa shape index (κ1) is 7.59. The molecule has 0 saturated heterocycles. The third-order valence-corrected chi connectivity index (χ3v) is 2.51. The number of hydrogen-bond donors (Lipinski definition) is 0. The summed E-state index contributed by atoms with van der Waals surface area (Å²) in [4.78, 5) is 11.6. The second-order valence-electron chi connectivity index (χ2n) is 3.61. The molecule has 0 fully saturated rings. The highest BCUT2D eigenvalue weighted by atomic mass is 16.1. The Labute approximate surface area is 72.2 Å². The van der Waals surface area contributed by atoms with Crippen molar-refractivity contribution >= 4 is 5.78 Å². The Hall–Kier alpha value is -1.05. The van der Waals surface area contributed by atoms with Gasteiger partial charge in [0, 0.05) is 19.2 Å². The van der Waals surface area contributed by atoms with E-state index in [1.165, 1.54) is 0 Å². The van der Waals surface area contributed by atoms with Gasteiger partial charge in [0.2, 0.25) is 0 Å². The van der Waals surface area contributed by atoms with Gasteiger partial charge in [-0.15, -0.1) is 0 Å². The summed E-state index contributed by atoms with van der Waals surface area (Å²) in [5.41, 5.74) is 0.888. The van der Waals surface area contributed by atoms with Crippen LogP contribution < -0.4 is 0 Å². The van der Waals surface area contributed by atoms with Crippen molar-refractivity contribution in [2.45, 2.75) is 26.3 Å². The minimum Gasteiger partial charge on any atom is -0.345 e. The number of ketones is 1. The molecular formula is C10H13NO. The van der Waals surface area contributed by atoms with Crippen LogP contribution in [0.2, 0.25) is 0 Å². The number of nitrogens with zero attached hydrogens (tertiary/aromatic N) is 1. The maximum atomic E-state index is 11.6. The van der Waals surface area contributed by atoms with Gasteiger partial charge in [-0.1, -0.05) is 6.92 Å². The van der Waals surface area contributed by atoms with E-state index in [4.69, 9.17) is 0 Å². The Morgan fingerprint density at radius 2 is 2.42 bits per heavy atom. The van der Waals surface area contributed by atoms with E-state index in [0.717, 1.165) is 18.7 Å². The number of hydrogen-bond acceptors (Lipinski definition) is 1. The number of aryl methyl sites for hydroxylation is 1. The molecule has 0 N–H and O–H groups in total. The van der Waals surface area contributed by atoms with Crippen LogP contribution in [0.4, 0.5) is 0 Å². The number of carbonyl (C=O) groups is 1. The van der Waals surface area contributed by atoms with Gasteiger partial charge in [-0.2, -0.15) is 0 Å². The first-order valence-corrected chi connectivity index (χ1v) is 4.45. The van der Waals surface area contributed by atoms with Crippen LogP contribution in [0.15, 0.2) is 18.3 Å². The summed E-state index contributed by atoms with van der Waals surface area (Å²) in [7, 11) is 0. The minimum absolute atomic E-state index is 0.296. The van der Waals surface area contributed by atoms with Gasteiger partial charge in [-0.05, 0) is 24.5 Å². The quantitative estimate of drug-likeness (QED) is 0.574. The molecule has 2 rings (SSSR count). The van der Waals surface area contributed by atoms with Gasteiger partial charge < -0.3 is 4.57 Å². The Kier molecular flexibility index (Phi) is 1.75. The van der Waals surface area contributed by atoms with Gasteiger partial charge in [0.05, 0.1) is 5.69 Å². The van der Waals surface area contributed by atoms with E-state index in [1.54, 1.807) is 0 Å². The number of fused-ring (bicyclic) bond motifs is 1. The number of rotatable bonds is 0. The molecule has 1 atom stereocenters. The molecule has 0 aromatic carbocycles. The summed E-state index contributed by atoms with van der Waals surface area (Å²) in [5, 5.41) is 0. The van der Waals surface area contributed by atoms with Crippen LogP contribution in [0.1, 0.15) is 30.3 Å². The third kappa shape index (κ3) is 1.17. The zero-order valence-corrected chi connectivity index (χ0v) is 7.29. The molecule has 1 aliphatic rings. The smallest absolute Gasteiger partial charge is 0.179 e. The Morgan fingerprint density at radius 1 is 1.58 bits per heavy atom. The lowest BCUT2D eigenvalue weighted by molar-refractivity contribution is 0.0963. The van der Waals surface area contributed by atoms with E-state index in [1.807, 2.05) is 18.3 Å². The summed E-state index contributed by atoms with van der Waals surface area (Å²) in [6.45, 7) is 3.14. The highest BCUT2D eigenvalue weighted by Crippen LogP contribution is 2.19. The van der Waals surface area contributed by atoms with E-state index >= 15 is 0 Å². The first-order valence-electron chi connectivity index (χ1n) is 4.45. The lowest BCUT2D eigenvalue weighted by Crippen LogP contribution is -2.04. The predicted octanol–water partition coefficient (Wildman–Crippen LogP) is 2.10. The number of carbonyl (C=O) groups excluding carboxylic acids is 1. The fourth-order valence-corrected chi connectivity index (χ4v) is 1.74. The Balaban J connectivity index is 2.35. The van der Waals surface area contributed by atoms with Gasteiger partial charge in [-0.3, -0.25) is 4.79 Å². The molecule has 64 valence electrons. The molecule has 0 radical (unpaired) electrons. The Bertz CT molecular complexity index is 301. The van der Waals surface area contributed by atoms with E-state index in [-0.39, 0.29) is 0 Å². The van der Waals surface area contributed by atoms with Gasteiger partial charge in [0.1, 0.15) is 0 Å². The van der Waals surface area contributed by atoms with Crippen molar-refractivity contribution in [3.8, 4) is 0 Å². The second-order valence-corrected chi connectivity index (χ2v) is 3.61. The highest BCUT2D eigenvalue weighted by Gasteiger charge is 2.18. The molecule has 0 spiro atoms. The molecule has 2 nitrogen and oxygen atoms in total. The maximum absolute atomic E-state index is 11.6. The third-order valence-electron chi connectivity index (χ3n) is 2.51. The summed E-state index contributed by atoms with van der Waals surface area (Å²) < 4.78 is 2.06. The highest BCUT2D eigenvalue weighted by molar-refractivity contribution is 5.94. The number of aromatic nitrogens is 1. The van der Waals surface area contributed by atoms with Crippen molar-refractivity contribution in [1.82, 2.24) is 4.57 Å². The molecule has 1 unspecified atom stereocenters. The average Bonchev–Trinajstić information content (AvgIpc) is 2.43. The zero-order chi connectivity index (χ0) is 8.55. The fraction of sp³-hybridized carbons (Fsp3) is 0.500. The van der Waals surface area contributed by atoms with Crippen molar-refractivity contribution in [1.29, 1.82) is 0 Å². The van der Waals surface area contributed by atoms with Crippen LogP contribution in [-0.4, -0.2) is 10.4 Å². The van der Waals surface area contributed by atoms with Crippen LogP contribution in [-0.2, 0) is 6.54 Å². The standard InChI is InChI=1S/C10H13NO/c1-8-4-6-11-5-2-3-9(11)10(12)7-8/h2-3,5,8H,4,6-7H2,1H3. The van der Waals surface area contributed by atoms with Crippen LogP contribution in [0.5, 0.6) is 0 Å². The summed E-state index contributed by atoms with van der Waals surface area (Å²) >= 11 is 0. The van der Waals surface area contributed by atoms with E-state index in [9.17, 15) is 4.79 Å². The largest absolute Gasteiger partial charge is 0.345 e. The van der Waals surface area contributed by atoms with E-state index in [2.05, 4.69) is 11.5 Å². The fourth-order valence-electron chi connectivity index (χ4n) is 1.74. The normalized spacial score (nSPS) is 23.4. The monoisotopic (exact) mass is 163 g/mol. The first-order chi connectivity index (χ1) is 5.77. The lowest BCUT2D eigenvalue weighted by Gasteiger charge is -2.03. The molecule has 12 heavy (non-hydrogen) atoms. The molecule has 0 aliphatic carbocycles. The topological polar surface area (TPSA) is 22.0 Å². The van der Waals surface area contributed by atoms with Gasteiger partial charge in [0.15, 0.2) is 5.78 Å². The molecule has 0 saturated carbocycles. The molecule has 0 amide bonds. The van der Waals surface area contributed by atoms with Crippen molar-refractivity contribution in [3.63, 3.8) is 0 Å². The van der Waals surface area contributed by atoms with Gasteiger partial charge in [-0.25, -0.2) is 0 Å². The zero-order valence-electron chi connectivity index (χ0n) is 7.29. The second kappa shape index (κ2) is 2.77. The van der Waals surface area contributed by atoms with E-state index in [0.29, 0.717) is 18.1 Å². The van der Waals surface area contributed by atoms with Crippen LogP contribution in [0.25, 0.3) is 0 Å². The van der Waals surface area contributed by atoms with Crippen molar-refractivity contribution in [2.24, 2.45) is 5.92 Å². The average molecular weight is 163 g/mol. The minimum atomic E-state index is 0.296. The van der Waals surface area contributed by atoms with Gasteiger partial charge in [0.25, 0.3) is 0 Å². The SMILES string of the molecule is CC1CCn2cccc2C(=O)C1. The molecule has 1 aromatic rings. The molecule has 1 aliphatic heterocycles. The van der Waals surface area contributed by atoms with Crippen LogP contribution in [0, 0.1) is 5.92 Å². The van der Waals surface area contributed by atoms with Gasteiger partial charge >= 0.3 is 0 Å². The molecule has 2 heterocycles. The van der Waals surface area contributed by atoms with Crippen LogP contribution in [0.3, 0.4) is 0 Å². The Morgan fingerprint density at radius 3 is 3.25 bits per heavy atom. The molecular weight excluding hydrogens is 150 g/mol. The lowest BCUT2D eigenvalue weighted by atomic mass is 10.0. The van der Waals surface area contributed by atoms with Crippen molar-refractivity contribution < 1.29 is 4.79 Å². The summed E-state index contributed by atoms with van der Waals surface area (Å²) in [6.07, 6.45) is 3.82. The molecule has 0 bridgehead atoms. The van der Waals surface area contributed by atoms with Crippen molar-refractivity contribution in [2.75, 3.05) is 0 Å². The van der Waals surface area contributed by atoms with Crippen molar-refractivity contribution in [3.05, 3.63) is 24.0 Å². The van der Waals surface area contributed by atoms with E-state index < -0.39 is 0 Å². The summed E-state index contributed by atoms with van der Waals surface area (Å²) in [5.74, 6) is 0.836. The molecule has 1 aromatic heterocycles. The predicted molar refractivity (Wildman–Crippen MR) is 47.2 cm³/mol. The maximum Gasteiger partial charge on any atom is 0.179 e. The van der Waals surface area contributed by atoms with Crippen LogP contribution >= 0.6 is 0 Å². The molecule has 2 heteroatoms. The summed E-state index contributed by atoms with van der Waals surface area (Å²) in [6, 6.07) is 3.86.